The van der Waals surface area contributed by atoms with E-state index in [9.17, 15) is 56.7 Å². The van der Waals surface area contributed by atoms with Crippen LogP contribution in [0.3, 0.4) is 0 Å². The van der Waals surface area contributed by atoms with E-state index in [1.807, 2.05) is 76.2 Å². The van der Waals surface area contributed by atoms with E-state index in [2.05, 4.69) is 20.8 Å². The number of carbonyl (C=O) groups excluding carboxylic acids is 9. The van der Waals surface area contributed by atoms with Gasteiger partial charge in [0.15, 0.2) is 32.0 Å². The van der Waals surface area contributed by atoms with Crippen LogP contribution in [0, 0.1) is 110 Å². The largest absolute Gasteiger partial charge is 0.459 e. The molecular weight excluding hydrogens is 1400 g/mol. The predicted molar refractivity (Wildman–Crippen MR) is 390 cm³/mol. The molecule has 0 aromatic heterocycles. The van der Waals surface area contributed by atoms with E-state index < -0.39 is 117 Å². The maximum Gasteiger partial charge on any atom is 0.344 e. The molecule has 604 valence electrons. The van der Waals surface area contributed by atoms with Crippen LogP contribution in [0.15, 0.2) is 0 Å². The molecule has 13 unspecified atom stereocenters. The second-order valence-corrected chi connectivity index (χ2v) is 40.5. The smallest absolute Gasteiger partial charge is 0.344 e. The molecular formula is C83H128O23S. The van der Waals surface area contributed by atoms with Crippen molar-refractivity contribution in [2.45, 2.75) is 336 Å². The van der Waals surface area contributed by atoms with Gasteiger partial charge in [0.05, 0.1) is 50.5 Å². The molecule has 0 aromatic rings. The van der Waals surface area contributed by atoms with Crippen LogP contribution in [0.4, 0.5) is 0 Å². The van der Waals surface area contributed by atoms with Gasteiger partial charge in [-0.05, 0) is 275 Å². The summed E-state index contributed by atoms with van der Waals surface area (Å²) < 4.78 is 83.6. The Kier molecular flexibility index (Phi) is 24.2. The van der Waals surface area contributed by atoms with Crippen LogP contribution < -0.4 is 0 Å². The Morgan fingerprint density at radius 2 is 1.00 bits per heavy atom. The summed E-state index contributed by atoms with van der Waals surface area (Å²) >= 11 is 0. The van der Waals surface area contributed by atoms with Crippen LogP contribution in [-0.2, 0) is 105 Å². The van der Waals surface area contributed by atoms with Crippen LogP contribution >= 0.6 is 0 Å². The summed E-state index contributed by atoms with van der Waals surface area (Å²) in [4.78, 5) is 108. The van der Waals surface area contributed by atoms with Gasteiger partial charge in [-0.3, -0.25) is 33.0 Å². The lowest BCUT2D eigenvalue weighted by Crippen LogP contribution is -2.63. The van der Waals surface area contributed by atoms with Gasteiger partial charge in [-0.15, -0.1) is 0 Å². The van der Waals surface area contributed by atoms with Crippen molar-refractivity contribution < 1.29 is 108 Å². The molecule has 16 bridgehead atoms. The first-order valence-electron chi connectivity index (χ1n) is 41.0. The fourth-order valence-corrected chi connectivity index (χ4v) is 23.9. The Morgan fingerprint density at radius 3 is 1.51 bits per heavy atom. The van der Waals surface area contributed by atoms with Gasteiger partial charge in [0.25, 0.3) is 10.1 Å². The van der Waals surface area contributed by atoms with Crippen molar-refractivity contribution in [3.63, 3.8) is 0 Å². The van der Waals surface area contributed by atoms with E-state index in [0.717, 1.165) is 87.9 Å². The van der Waals surface area contributed by atoms with E-state index in [1.165, 1.54) is 44.9 Å². The normalized spacial score (nSPS) is 39.6. The third kappa shape index (κ3) is 16.9. The molecule has 4 heterocycles. The Labute approximate surface area is 635 Å². The summed E-state index contributed by atoms with van der Waals surface area (Å²) in [6.45, 7) is 31.9. The molecule has 14 aliphatic carbocycles. The highest BCUT2D eigenvalue weighted by Gasteiger charge is 2.68. The van der Waals surface area contributed by atoms with Crippen molar-refractivity contribution in [1.82, 2.24) is 0 Å². The van der Waals surface area contributed by atoms with Crippen LogP contribution in [0.25, 0.3) is 0 Å². The van der Waals surface area contributed by atoms with Gasteiger partial charge in [-0.2, -0.15) is 8.42 Å². The maximum atomic E-state index is 12.8. The number of aliphatic hydroxyl groups is 1. The molecule has 1 N–H and O–H groups in total. The van der Waals surface area contributed by atoms with Crippen LogP contribution in [0.1, 0.15) is 272 Å². The lowest BCUT2D eigenvalue weighted by Gasteiger charge is -2.62. The van der Waals surface area contributed by atoms with Crippen molar-refractivity contribution >= 4 is 63.8 Å². The summed E-state index contributed by atoms with van der Waals surface area (Å²) in [6.07, 6.45) is 21.3. The first-order valence-corrected chi connectivity index (χ1v) is 42.5. The average molecular weight is 1530 g/mol. The molecule has 18 rings (SSSR count). The lowest BCUT2D eigenvalue weighted by atomic mass is 9.47. The Balaban J connectivity index is 0.000000134. The summed E-state index contributed by atoms with van der Waals surface area (Å²) in [6, 6.07) is 0. The first-order chi connectivity index (χ1) is 50.0. The third-order valence-electron chi connectivity index (χ3n) is 29.4. The molecule has 14 saturated carbocycles. The first kappa shape index (κ1) is 83.0. The summed E-state index contributed by atoms with van der Waals surface area (Å²) in [5, 5.41) is 10.2. The van der Waals surface area contributed by atoms with Gasteiger partial charge in [0.2, 0.25) is 0 Å². The SMILES string of the molecule is CCC(C)(C)C(=O)OC1(C(C)C)C2CC3CC(C2)CC1C3.CCC(C)(C)C(=O)OC12CC3CC(CC(O)(C3)C1)C2.CCC(C)(C)C(=O)OC1C2CC3C(=O)OC1C3O2.CCC(C)(C)C(=O)OCC(=O)OC1C2CC3C1OS(=O)(=O)C3C2.CCC(C)C(=O)OCC(=O)OCC(=O)OC1(C)C2CC3CC(C2)CC1C3. The highest BCUT2D eigenvalue weighted by molar-refractivity contribution is 7.87. The van der Waals surface area contributed by atoms with Crippen LogP contribution in [0.2, 0.25) is 0 Å². The number of ether oxygens (including phenoxy) is 10. The summed E-state index contributed by atoms with van der Waals surface area (Å²) in [5.74, 6) is 3.29. The molecule has 0 amide bonds. The van der Waals surface area contributed by atoms with E-state index in [0.29, 0.717) is 86.4 Å². The molecule has 23 nitrogen and oxygen atoms in total. The zero-order valence-electron chi connectivity index (χ0n) is 67.1. The molecule has 13 atom stereocenters. The fourth-order valence-electron chi connectivity index (χ4n) is 22.0. The van der Waals surface area contributed by atoms with Gasteiger partial charge in [0.1, 0.15) is 35.1 Å². The van der Waals surface area contributed by atoms with Crippen molar-refractivity contribution in [3.8, 4) is 0 Å². The molecule has 4 saturated heterocycles. The molecule has 4 aliphatic heterocycles. The minimum Gasteiger partial charge on any atom is -0.459 e. The molecule has 107 heavy (non-hydrogen) atoms. The zero-order chi connectivity index (χ0) is 78.3. The quantitative estimate of drug-likeness (QED) is 0.0598. The summed E-state index contributed by atoms with van der Waals surface area (Å²) in [5.41, 5.74) is -3.44. The molecule has 0 radical (unpaired) electrons. The van der Waals surface area contributed by atoms with Crippen molar-refractivity contribution in [1.29, 1.82) is 0 Å². The highest BCUT2D eigenvalue weighted by atomic mass is 32.2. The van der Waals surface area contributed by atoms with E-state index in [-0.39, 0.29) is 76.4 Å². The third-order valence-corrected chi connectivity index (χ3v) is 31.2. The zero-order valence-corrected chi connectivity index (χ0v) is 67.9. The van der Waals surface area contributed by atoms with E-state index in [4.69, 9.17) is 51.6 Å². The number of hydrogen-bond donors (Lipinski definition) is 1. The second kappa shape index (κ2) is 31.2. The number of hydrogen-bond acceptors (Lipinski definition) is 23. The van der Waals surface area contributed by atoms with Crippen LogP contribution in [-0.4, -0.2) is 151 Å². The van der Waals surface area contributed by atoms with Crippen molar-refractivity contribution in [2.75, 3.05) is 19.8 Å². The van der Waals surface area contributed by atoms with Gasteiger partial charge < -0.3 is 52.5 Å². The van der Waals surface area contributed by atoms with Gasteiger partial charge in [-0.25, -0.2) is 14.4 Å². The van der Waals surface area contributed by atoms with Crippen molar-refractivity contribution in [3.05, 3.63) is 0 Å². The lowest BCUT2D eigenvalue weighted by molar-refractivity contribution is -0.231. The Hall–Kier alpha value is -4.94. The highest BCUT2D eigenvalue weighted by Crippen LogP contribution is 2.64. The standard InChI is InChI=1S/C20H30O6.C19H32O2.C16H26O3.C15H22O7S.C13H18O5/c1-4-12(2)19(23)25-10-17(21)24-11-18(22)26-20(3)15-6-13-5-14(8-15)9-16(20)7-13;1-6-18(4,5)17(20)21-19(12(2)3)15-8-13-7-14(10-15)11-16(19)9-13;1-4-14(2,3)13(17)19-16-8-11-5-12(9-16)7-15(18,6-11)10-16;1-4-15(2,3)14(17)20-7-11(16)21-12-8-5-9-10(6-8)23(18,19)22-13(9)12;1-4-13(2,3)12(15)18-9-7-5-6-8(16-7)10(9)17-11(6)14/h12-16H,4-11H2,1-3H3;12-16H,6-11H2,1-5H3;11-12,18H,4-10H2,1-3H3;8-10,12-13H,4-7H2,1-3H3;6-10H,4-5H2,1-3H3. The van der Waals surface area contributed by atoms with Crippen molar-refractivity contribution in [2.24, 2.45) is 110 Å². The molecule has 24 heteroatoms. The minimum atomic E-state index is -3.53. The van der Waals surface area contributed by atoms with E-state index >= 15 is 0 Å². The predicted octanol–water partition coefficient (Wildman–Crippen LogP) is 12.8. The minimum absolute atomic E-state index is 0.0130. The Morgan fingerprint density at radius 1 is 0.514 bits per heavy atom. The number of esters is 9. The van der Waals surface area contributed by atoms with Crippen LogP contribution in [0.5, 0.6) is 0 Å². The number of fused-ring (bicyclic) bond motifs is 2. The van der Waals surface area contributed by atoms with Gasteiger partial charge in [-0.1, -0.05) is 55.4 Å². The van der Waals surface area contributed by atoms with Gasteiger partial charge in [0, 0.05) is 18.3 Å². The van der Waals surface area contributed by atoms with E-state index in [1.54, 1.807) is 20.8 Å². The fraction of sp³-hybridized carbons (Fsp3) is 0.892. The summed E-state index contributed by atoms with van der Waals surface area (Å²) in [7, 11) is -3.53. The monoisotopic (exact) mass is 1520 g/mol. The second-order valence-electron chi connectivity index (χ2n) is 38.7. The molecule has 18 aliphatic rings. The maximum absolute atomic E-state index is 12.8. The number of rotatable bonds is 22. The average Bonchev–Trinajstić information content (AvgIpc) is 1.21. The van der Waals surface area contributed by atoms with Gasteiger partial charge >= 0.3 is 53.7 Å². The molecule has 0 aromatic carbocycles. The Bertz CT molecular complexity index is 3370. The number of carbonyl (C=O) groups is 9. The molecule has 0 spiro atoms. The topological polar surface area (TPSA) is 310 Å². The molecule has 18 fully saturated rings.